The van der Waals surface area contributed by atoms with Crippen LogP contribution in [0, 0.1) is 0 Å². The van der Waals surface area contributed by atoms with Gasteiger partial charge < -0.3 is 5.32 Å². The maximum Gasteiger partial charge on any atom is 0.0597 e. The smallest absolute Gasteiger partial charge is 0.0597 e. The van der Waals surface area contributed by atoms with E-state index in [0.29, 0.717) is 0 Å². The fourth-order valence-corrected chi connectivity index (χ4v) is 1.35. The van der Waals surface area contributed by atoms with Gasteiger partial charge in [-0.15, -0.1) is 11.6 Å². The van der Waals surface area contributed by atoms with Gasteiger partial charge in [0.25, 0.3) is 0 Å². The molecular weight excluding hydrogens is 170 g/mol. The minimum Gasteiger partial charge on any atom is -0.320 e. The first kappa shape index (κ1) is 9.56. The summed E-state index contributed by atoms with van der Waals surface area (Å²) in [6.45, 7) is 0.961. The highest BCUT2D eigenvalue weighted by Crippen LogP contribution is 2.22. The van der Waals surface area contributed by atoms with E-state index in [1.807, 2.05) is 25.2 Å². The molecule has 0 saturated carbocycles. The molecule has 12 heavy (non-hydrogen) atoms. The molecule has 0 aliphatic carbocycles. The van der Waals surface area contributed by atoms with E-state index in [1.165, 1.54) is 5.56 Å². The van der Waals surface area contributed by atoms with Crippen molar-refractivity contribution in [2.45, 2.75) is 11.8 Å². The summed E-state index contributed by atoms with van der Waals surface area (Å²) < 4.78 is 0. The van der Waals surface area contributed by atoms with Crippen molar-refractivity contribution in [3.63, 3.8) is 0 Å². The number of hydrogen-bond acceptors (Lipinski definition) is 1. The molecule has 0 fully saturated rings. The second-order valence-electron chi connectivity index (χ2n) is 2.77. The van der Waals surface area contributed by atoms with Crippen LogP contribution in [0.4, 0.5) is 0 Å². The Bertz CT molecular complexity index is 210. The first-order valence-corrected chi connectivity index (χ1v) is 4.62. The summed E-state index contributed by atoms with van der Waals surface area (Å²) in [5.41, 5.74) is 1.20. The van der Waals surface area contributed by atoms with Crippen LogP contribution in [0.3, 0.4) is 0 Å². The lowest BCUT2D eigenvalue weighted by molar-refractivity contribution is 0.710. The normalized spacial score (nSPS) is 12.8. The molecule has 1 rings (SSSR count). The second kappa shape index (κ2) is 5.18. The fourth-order valence-electron chi connectivity index (χ4n) is 1.10. The topological polar surface area (TPSA) is 12.0 Å². The van der Waals surface area contributed by atoms with E-state index >= 15 is 0 Å². The lowest BCUT2D eigenvalue weighted by Gasteiger charge is -2.08. The SMILES string of the molecule is CNCC[C@H](Cl)c1ccccc1. The Morgan fingerprint density at radius 3 is 2.58 bits per heavy atom. The van der Waals surface area contributed by atoms with Crippen LogP contribution in [0.2, 0.25) is 0 Å². The summed E-state index contributed by atoms with van der Waals surface area (Å²) in [4.78, 5) is 0. The van der Waals surface area contributed by atoms with Crippen LogP contribution in [0.15, 0.2) is 30.3 Å². The van der Waals surface area contributed by atoms with Crippen LogP contribution in [0.1, 0.15) is 17.4 Å². The van der Waals surface area contributed by atoms with E-state index in [1.54, 1.807) is 0 Å². The van der Waals surface area contributed by atoms with Crippen molar-refractivity contribution in [1.82, 2.24) is 5.32 Å². The third-order valence-corrected chi connectivity index (χ3v) is 2.28. The standard InChI is InChI=1S/C10H14ClN/c1-12-8-7-10(11)9-5-3-2-4-6-9/h2-6,10,12H,7-8H2,1H3/t10-/m0/s1. The molecule has 0 unspecified atom stereocenters. The molecule has 1 atom stereocenters. The molecule has 0 aliphatic rings. The molecule has 0 aromatic heterocycles. The van der Waals surface area contributed by atoms with Crippen molar-refractivity contribution < 1.29 is 0 Å². The van der Waals surface area contributed by atoms with Gasteiger partial charge in [0.1, 0.15) is 0 Å². The van der Waals surface area contributed by atoms with E-state index in [9.17, 15) is 0 Å². The Balaban J connectivity index is 2.48. The summed E-state index contributed by atoms with van der Waals surface area (Å²) >= 11 is 6.14. The Morgan fingerprint density at radius 1 is 1.33 bits per heavy atom. The first-order valence-electron chi connectivity index (χ1n) is 4.18. The van der Waals surface area contributed by atoms with Gasteiger partial charge in [0.15, 0.2) is 0 Å². The van der Waals surface area contributed by atoms with Crippen molar-refractivity contribution in [3.8, 4) is 0 Å². The van der Waals surface area contributed by atoms with E-state index < -0.39 is 0 Å². The van der Waals surface area contributed by atoms with Gasteiger partial charge >= 0.3 is 0 Å². The third kappa shape index (κ3) is 2.84. The monoisotopic (exact) mass is 183 g/mol. The minimum absolute atomic E-state index is 0.138. The van der Waals surface area contributed by atoms with Crippen LogP contribution < -0.4 is 5.32 Å². The van der Waals surface area contributed by atoms with Crippen molar-refractivity contribution in [1.29, 1.82) is 0 Å². The maximum absolute atomic E-state index is 6.14. The second-order valence-corrected chi connectivity index (χ2v) is 3.30. The molecule has 0 heterocycles. The molecule has 0 bridgehead atoms. The van der Waals surface area contributed by atoms with Gasteiger partial charge in [-0.05, 0) is 25.6 Å². The lowest BCUT2D eigenvalue weighted by Crippen LogP contribution is -2.09. The van der Waals surface area contributed by atoms with E-state index in [2.05, 4.69) is 17.4 Å². The van der Waals surface area contributed by atoms with Gasteiger partial charge in [0, 0.05) is 0 Å². The van der Waals surface area contributed by atoms with Gasteiger partial charge in [-0.25, -0.2) is 0 Å². The molecule has 0 radical (unpaired) electrons. The number of alkyl halides is 1. The summed E-state index contributed by atoms with van der Waals surface area (Å²) in [7, 11) is 1.94. The third-order valence-electron chi connectivity index (χ3n) is 1.81. The van der Waals surface area contributed by atoms with E-state index in [0.717, 1.165) is 13.0 Å². The summed E-state index contributed by atoms with van der Waals surface area (Å²) in [5.74, 6) is 0. The lowest BCUT2D eigenvalue weighted by atomic mass is 10.1. The molecule has 0 aliphatic heterocycles. The highest BCUT2D eigenvalue weighted by atomic mass is 35.5. The molecule has 0 amide bonds. The fraction of sp³-hybridized carbons (Fsp3) is 0.400. The van der Waals surface area contributed by atoms with Gasteiger partial charge in [0.05, 0.1) is 5.38 Å². The Morgan fingerprint density at radius 2 is 2.00 bits per heavy atom. The predicted octanol–water partition coefficient (Wildman–Crippen LogP) is 2.58. The highest BCUT2D eigenvalue weighted by Gasteiger charge is 2.04. The van der Waals surface area contributed by atoms with Crippen LogP contribution in [0.25, 0.3) is 0 Å². The molecule has 1 aromatic rings. The van der Waals surface area contributed by atoms with Crippen LogP contribution >= 0.6 is 11.6 Å². The zero-order valence-corrected chi connectivity index (χ0v) is 8.01. The molecule has 0 saturated heterocycles. The zero-order valence-electron chi connectivity index (χ0n) is 7.26. The Labute approximate surface area is 78.7 Å². The zero-order chi connectivity index (χ0) is 8.81. The number of halogens is 1. The molecule has 1 nitrogen and oxygen atoms in total. The van der Waals surface area contributed by atoms with E-state index in [-0.39, 0.29) is 5.38 Å². The van der Waals surface area contributed by atoms with Crippen molar-refractivity contribution >= 4 is 11.6 Å². The minimum atomic E-state index is 0.138. The predicted molar refractivity (Wildman–Crippen MR) is 53.6 cm³/mol. The average Bonchev–Trinajstić information content (AvgIpc) is 2.15. The highest BCUT2D eigenvalue weighted by molar-refractivity contribution is 6.20. The molecular formula is C10H14ClN. The largest absolute Gasteiger partial charge is 0.320 e. The molecule has 1 N–H and O–H groups in total. The number of rotatable bonds is 4. The van der Waals surface area contributed by atoms with Gasteiger partial charge in [-0.2, -0.15) is 0 Å². The van der Waals surface area contributed by atoms with E-state index in [4.69, 9.17) is 11.6 Å². The Hall–Kier alpha value is -0.530. The number of hydrogen-bond donors (Lipinski definition) is 1. The van der Waals surface area contributed by atoms with Gasteiger partial charge in [-0.1, -0.05) is 30.3 Å². The number of benzene rings is 1. The van der Waals surface area contributed by atoms with Gasteiger partial charge in [-0.3, -0.25) is 0 Å². The summed E-state index contributed by atoms with van der Waals surface area (Å²) in [6, 6.07) is 10.2. The molecule has 1 aromatic carbocycles. The first-order chi connectivity index (χ1) is 5.84. The van der Waals surface area contributed by atoms with Crippen molar-refractivity contribution in [3.05, 3.63) is 35.9 Å². The van der Waals surface area contributed by atoms with Gasteiger partial charge in [0.2, 0.25) is 0 Å². The van der Waals surface area contributed by atoms with Crippen LogP contribution in [-0.2, 0) is 0 Å². The summed E-state index contributed by atoms with van der Waals surface area (Å²) in [6.07, 6.45) is 0.974. The quantitative estimate of drug-likeness (QED) is 0.708. The summed E-state index contributed by atoms with van der Waals surface area (Å²) in [5, 5.41) is 3.22. The number of nitrogens with one attached hydrogen (secondary N) is 1. The van der Waals surface area contributed by atoms with Crippen LogP contribution in [-0.4, -0.2) is 13.6 Å². The molecule has 2 heteroatoms. The average molecular weight is 184 g/mol. The van der Waals surface area contributed by atoms with Crippen molar-refractivity contribution in [2.75, 3.05) is 13.6 Å². The maximum atomic E-state index is 6.14. The Kier molecular flexibility index (Phi) is 4.12. The van der Waals surface area contributed by atoms with Crippen molar-refractivity contribution in [2.24, 2.45) is 0 Å². The molecule has 66 valence electrons. The molecule has 0 spiro atoms. The van der Waals surface area contributed by atoms with Crippen LogP contribution in [0.5, 0.6) is 0 Å².